The Labute approximate surface area is 194 Å². The fraction of sp³-hybridized carbons (Fsp3) is 0.417. The number of carbonyl (C=O) groups excluding carboxylic acids is 2. The Morgan fingerprint density at radius 1 is 1.06 bits per heavy atom. The summed E-state index contributed by atoms with van der Waals surface area (Å²) < 4.78 is 5.80. The molecule has 5 nitrogen and oxygen atoms in total. The molecule has 1 N–H and O–H groups in total. The van der Waals surface area contributed by atoms with E-state index in [-0.39, 0.29) is 25.0 Å². The number of benzene rings is 2. The van der Waals surface area contributed by atoms with Gasteiger partial charge in [-0.3, -0.25) is 9.59 Å². The van der Waals surface area contributed by atoms with Crippen molar-refractivity contribution >= 4 is 35.0 Å². The Morgan fingerprint density at radius 2 is 1.81 bits per heavy atom. The Kier molecular flexibility index (Phi) is 9.66. The number of hydrogen-bond acceptors (Lipinski definition) is 3. The number of ether oxygens (including phenoxy) is 1. The van der Waals surface area contributed by atoms with E-state index in [1.54, 1.807) is 23.1 Å². The van der Waals surface area contributed by atoms with Gasteiger partial charge in [0.2, 0.25) is 5.91 Å². The molecule has 0 spiro atoms. The maximum atomic E-state index is 13.2. The number of amides is 2. The van der Waals surface area contributed by atoms with Gasteiger partial charge in [-0.2, -0.15) is 0 Å². The number of aryl methyl sites for hydroxylation is 2. The summed E-state index contributed by atoms with van der Waals surface area (Å²) in [5.74, 6) is 0.200. The molecule has 0 saturated carbocycles. The maximum Gasteiger partial charge on any atom is 0.261 e. The van der Waals surface area contributed by atoms with Crippen LogP contribution in [-0.4, -0.2) is 35.9 Å². The first-order valence-corrected chi connectivity index (χ1v) is 11.2. The summed E-state index contributed by atoms with van der Waals surface area (Å²) in [6.45, 7) is 8.43. The average Bonchev–Trinajstić information content (AvgIpc) is 2.73. The molecule has 0 aliphatic carbocycles. The van der Waals surface area contributed by atoms with Crippen molar-refractivity contribution in [2.24, 2.45) is 0 Å². The second-order valence-electron chi connectivity index (χ2n) is 7.54. The predicted molar refractivity (Wildman–Crippen MR) is 126 cm³/mol. The van der Waals surface area contributed by atoms with Crippen molar-refractivity contribution in [3.63, 3.8) is 0 Å². The molecule has 0 aromatic heterocycles. The van der Waals surface area contributed by atoms with Crippen molar-refractivity contribution < 1.29 is 14.3 Å². The third kappa shape index (κ3) is 7.15. The van der Waals surface area contributed by atoms with E-state index in [0.29, 0.717) is 28.8 Å². The summed E-state index contributed by atoms with van der Waals surface area (Å²) in [6, 6.07) is 10.4. The van der Waals surface area contributed by atoms with Gasteiger partial charge in [0, 0.05) is 13.1 Å². The van der Waals surface area contributed by atoms with Crippen LogP contribution in [0.4, 0.5) is 0 Å². The number of nitrogens with one attached hydrogen (secondary N) is 1. The fourth-order valence-corrected chi connectivity index (χ4v) is 3.62. The van der Waals surface area contributed by atoms with Gasteiger partial charge in [0.1, 0.15) is 11.8 Å². The standard InChI is InChI=1S/C24H30Cl2N2O3/c1-5-11-27-24(30)21(6-2)28(14-18-8-9-19(25)20(26)13-18)23(29)15-31-22-10-7-16(3)12-17(22)4/h7-10,12-13,21H,5-6,11,14-15H2,1-4H3,(H,27,30). The largest absolute Gasteiger partial charge is 0.483 e. The zero-order valence-electron chi connectivity index (χ0n) is 18.5. The molecule has 31 heavy (non-hydrogen) atoms. The van der Waals surface area contributed by atoms with Crippen LogP contribution in [0.2, 0.25) is 10.0 Å². The molecular weight excluding hydrogens is 435 g/mol. The second-order valence-corrected chi connectivity index (χ2v) is 8.36. The first-order valence-electron chi connectivity index (χ1n) is 10.5. The van der Waals surface area contributed by atoms with Crippen molar-refractivity contribution in [1.82, 2.24) is 10.2 Å². The SMILES string of the molecule is CCCNC(=O)C(CC)N(Cc1ccc(Cl)c(Cl)c1)C(=O)COc1ccc(C)cc1C. The molecule has 7 heteroatoms. The number of halogens is 2. The summed E-state index contributed by atoms with van der Waals surface area (Å²) in [4.78, 5) is 27.5. The van der Waals surface area contributed by atoms with Crippen LogP contribution in [0.3, 0.4) is 0 Å². The van der Waals surface area contributed by atoms with Crippen LogP contribution in [0.15, 0.2) is 36.4 Å². The van der Waals surface area contributed by atoms with Gasteiger partial charge in [-0.05, 0) is 56.0 Å². The van der Waals surface area contributed by atoms with Crippen LogP contribution in [0.1, 0.15) is 43.4 Å². The smallest absolute Gasteiger partial charge is 0.261 e. The van der Waals surface area contributed by atoms with Gasteiger partial charge in [0.05, 0.1) is 10.0 Å². The number of nitrogens with zero attached hydrogens (tertiary/aromatic N) is 1. The van der Waals surface area contributed by atoms with Crippen molar-refractivity contribution in [3.8, 4) is 5.75 Å². The van der Waals surface area contributed by atoms with E-state index in [1.165, 1.54) is 0 Å². The molecule has 0 radical (unpaired) electrons. The van der Waals surface area contributed by atoms with Gasteiger partial charge in [0.25, 0.3) is 5.91 Å². The first kappa shape index (κ1) is 25.0. The highest BCUT2D eigenvalue weighted by atomic mass is 35.5. The quantitative estimate of drug-likeness (QED) is 0.517. The molecular formula is C24H30Cl2N2O3. The van der Waals surface area contributed by atoms with Gasteiger partial charge in [-0.25, -0.2) is 0 Å². The van der Waals surface area contributed by atoms with Crippen molar-refractivity contribution in [2.75, 3.05) is 13.2 Å². The molecule has 0 aliphatic heterocycles. The lowest BCUT2D eigenvalue weighted by atomic mass is 10.1. The lowest BCUT2D eigenvalue weighted by molar-refractivity contribution is -0.143. The minimum Gasteiger partial charge on any atom is -0.483 e. The highest BCUT2D eigenvalue weighted by Gasteiger charge is 2.29. The number of hydrogen-bond donors (Lipinski definition) is 1. The maximum absolute atomic E-state index is 13.2. The molecule has 1 atom stereocenters. The Hall–Kier alpha value is -2.24. The average molecular weight is 465 g/mol. The van der Waals surface area contributed by atoms with Crippen LogP contribution in [0, 0.1) is 13.8 Å². The van der Waals surface area contributed by atoms with Crippen LogP contribution in [-0.2, 0) is 16.1 Å². The Morgan fingerprint density at radius 3 is 2.42 bits per heavy atom. The summed E-state index contributed by atoms with van der Waals surface area (Å²) in [5.41, 5.74) is 2.86. The molecule has 2 aromatic carbocycles. The summed E-state index contributed by atoms with van der Waals surface area (Å²) in [6.07, 6.45) is 1.30. The third-order valence-corrected chi connectivity index (χ3v) is 5.69. The van der Waals surface area contributed by atoms with E-state index in [4.69, 9.17) is 27.9 Å². The number of rotatable bonds is 10. The molecule has 2 rings (SSSR count). The van der Waals surface area contributed by atoms with Crippen molar-refractivity contribution in [3.05, 3.63) is 63.1 Å². The van der Waals surface area contributed by atoms with Gasteiger partial charge >= 0.3 is 0 Å². The van der Waals surface area contributed by atoms with Gasteiger partial charge in [-0.15, -0.1) is 0 Å². The fourth-order valence-electron chi connectivity index (χ4n) is 3.30. The monoisotopic (exact) mass is 464 g/mol. The van der Waals surface area contributed by atoms with Crippen LogP contribution < -0.4 is 10.1 Å². The van der Waals surface area contributed by atoms with Gasteiger partial charge in [0.15, 0.2) is 6.61 Å². The van der Waals surface area contributed by atoms with E-state index in [9.17, 15) is 9.59 Å². The van der Waals surface area contributed by atoms with E-state index in [2.05, 4.69) is 5.32 Å². The van der Waals surface area contributed by atoms with Crippen molar-refractivity contribution in [2.45, 2.75) is 53.1 Å². The van der Waals surface area contributed by atoms with Gasteiger partial charge in [-0.1, -0.05) is 60.8 Å². The van der Waals surface area contributed by atoms with Crippen LogP contribution >= 0.6 is 23.2 Å². The molecule has 0 fully saturated rings. The topological polar surface area (TPSA) is 58.6 Å². The minimum absolute atomic E-state index is 0.164. The Bertz CT molecular complexity index is 918. The van der Waals surface area contributed by atoms with Crippen LogP contribution in [0.25, 0.3) is 0 Å². The highest BCUT2D eigenvalue weighted by Crippen LogP contribution is 2.24. The van der Waals surface area contributed by atoms with E-state index >= 15 is 0 Å². The second kappa shape index (κ2) is 12.0. The van der Waals surface area contributed by atoms with E-state index in [1.807, 2.05) is 45.9 Å². The summed E-state index contributed by atoms with van der Waals surface area (Å²) in [7, 11) is 0. The van der Waals surface area contributed by atoms with Crippen molar-refractivity contribution in [1.29, 1.82) is 0 Å². The number of carbonyl (C=O) groups is 2. The predicted octanol–water partition coefficient (Wildman–Crippen LogP) is 5.32. The lowest BCUT2D eigenvalue weighted by Crippen LogP contribution is -2.50. The van der Waals surface area contributed by atoms with Gasteiger partial charge < -0.3 is 15.0 Å². The molecule has 2 amide bonds. The summed E-state index contributed by atoms with van der Waals surface area (Å²) in [5, 5.41) is 3.74. The zero-order valence-corrected chi connectivity index (χ0v) is 20.0. The molecule has 0 bridgehead atoms. The first-order chi connectivity index (χ1) is 14.8. The molecule has 0 heterocycles. The highest BCUT2D eigenvalue weighted by molar-refractivity contribution is 6.42. The third-order valence-electron chi connectivity index (χ3n) is 4.95. The summed E-state index contributed by atoms with van der Waals surface area (Å²) >= 11 is 12.2. The van der Waals surface area contributed by atoms with E-state index in [0.717, 1.165) is 23.1 Å². The Balaban J connectivity index is 2.24. The van der Waals surface area contributed by atoms with Crippen LogP contribution in [0.5, 0.6) is 5.75 Å². The molecule has 1 unspecified atom stereocenters. The normalized spacial score (nSPS) is 11.7. The minimum atomic E-state index is -0.615. The lowest BCUT2D eigenvalue weighted by Gasteiger charge is -2.30. The molecule has 2 aromatic rings. The molecule has 168 valence electrons. The molecule has 0 aliphatic rings. The van der Waals surface area contributed by atoms with E-state index < -0.39 is 6.04 Å². The zero-order chi connectivity index (χ0) is 23.0. The molecule has 0 saturated heterocycles.